The van der Waals surface area contributed by atoms with E-state index in [1.54, 1.807) is 18.2 Å². The van der Waals surface area contributed by atoms with Crippen LogP contribution in [0.3, 0.4) is 0 Å². The quantitative estimate of drug-likeness (QED) is 0.198. The van der Waals surface area contributed by atoms with E-state index < -0.39 is 10.9 Å². The van der Waals surface area contributed by atoms with Crippen LogP contribution in [0.15, 0.2) is 53.7 Å². The van der Waals surface area contributed by atoms with Crippen molar-refractivity contribution in [3.05, 3.63) is 73.3 Å². The Morgan fingerprint density at radius 2 is 1.87 bits per heavy atom. The summed E-state index contributed by atoms with van der Waals surface area (Å²) in [5.41, 5.74) is 6.46. The van der Waals surface area contributed by atoms with Crippen molar-refractivity contribution in [3.63, 3.8) is 0 Å². The molecule has 7 nitrogen and oxygen atoms in total. The SMILES string of the molecule is NC(=NOC(=O)Cc1ccccc1[N+](=O)[O-])c1ccc(I)cc1. The Bertz CT molecular complexity index is 760. The molecule has 0 aromatic heterocycles. The lowest BCUT2D eigenvalue weighted by molar-refractivity contribution is -0.385. The Kier molecular flexibility index (Phi) is 5.63. The third kappa shape index (κ3) is 4.74. The number of halogens is 1. The van der Waals surface area contributed by atoms with Gasteiger partial charge in [0.15, 0.2) is 5.84 Å². The van der Waals surface area contributed by atoms with Gasteiger partial charge in [0.2, 0.25) is 0 Å². The van der Waals surface area contributed by atoms with Gasteiger partial charge in [0.05, 0.1) is 11.3 Å². The van der Waals surface area contributed by atoms with E-state index in [9.17, 15) is 14.9 Å². The summed E-state index contributed by atoms with van der Waals surface area (Å²) >= 11 is 2.15. The zero-order valence-electron chi connectivity index (χ0n) is 11.8. The van der Waals surface area contributed by atoms with Crippen LogP contribution in [0.2, 0.25) is 0 Å². The van der Waals surface area contributed by atoms with Crippen LogP contribution >= 0.6 is 22.6 Å². The zero-order valence-corrected chi connectivity index (χ0v) is 14.0. The molecule has 0 aliphatic heterocycles. The van der Waals surface area contributed by atoms with E-state index in [-0.39, 0.29) is 23.5 Å². The molecule has 8 heteroatoms. The molecule has 0 saturated carbocycles. The smallest absolute Gasteiger partial charge is 0.339 e. The number of rotatable bonds is 5. The molecule has 2 aromatic rings. The molecule has 0 aliphatic rings. The van der Waals surface area contributed by atoms with Crippen molar-refractivity contribution in [2.24, 2.45) is 10.9 Å². The fraction of sp³-hybridized carbons (Fsp3) is 0.0667. The second-order valence-electron chi connectivity index (χ2n) is 4.51. The number of oxime groups is 1. The number of carbonyl (C=O) groups is 1. The minimum atomic E-state index is -0.729. The van der Waals surface area contributed by atoms with Crippen molar-refractivity contribution in [1.29, 1.82) is 0 Å². The first-order chi connectivity index (χ1) is 11.0. The number of benzene rings is 2. The molecular formula is C15H12IN3O4. The van der Waals surface area contributed by atoms with Crippen molar-refractivity contribution in [3.8, 4) is 0 Å². The molecule has 2 rings (SSSR count). The predicted molar refractivity (Wildman–Crippen MR) is 92.8 cm³/mol. The maximum absolute atomic E-state index is 11.8. The normalized spacial score (nSPS) is 11.1. The fourth-order valence-electron chi connectivity index (χ4n) is 1.80. The summed E-state index contributed by atoms with van der Waals surface area (Å²) in [4.78, 5) is 26.8. The summed E-state index contributed by atoms with van der Waals surface area (Å²) in [7, 11) is 0. The summed E-state index contributed by atoms with van der Waals surface area (Å²) in [5.74, 6) is -0.676. The van der Waals surface area contributed by atoms with Crippen LogP contribution in [0.1, 0.15) is 11.1 Å². The van der Waals surface area contributed by atoms with Gasteiger partial charge in [-0.1, -0.05) is 35.5 Å². The number of nitro groups is 1. The van der Waals surface area contributed by atoms with Gasteiger partial charge in [-0.15, -0.1) is 0 Å². The highest BCUT2D eigenvalue weighted by atomic mass is 127. The standard InChI is InChI=1S/C15H12IN3O4/c16-12-7-5-10(6-8-12)15(17)18-23-14(20)9-11-3-1-2-4-13(11)19(21)22/h1-8H,9H2,(H2,17,18). The molecule has 0 saturated heterocycles. The summed E-state index contributed by atoms with van der Waals surface area (Å²) in [5, 5.41) is 14.5. The molecule has 118 valence electrons. The highest BCUT2D eigenvalue weighted by molar-refractivity contribution is 14.1. The van der Waals surface area contributed by atoms with E-state index in [4.69, 9.17) is 10.6 Å². The zero-order chi connectivity index (χ0) is 16.8. The molecule has 2 aromatic carbocycles. The minimum absolute atomic E-state index is 0.0531. The molecule has 0 atom stereocenters. The van der Waals surface area contributed by atoms with E-state index in [0.29, 0.717) is 5.56 Å². The lowest BCUT2D eigenvalue weighted by atomic mass is 10.1. The lowest BCUT2D eigenvalue weighted by Crippen LogP contribution is -2.16. The average molecular weight is 425 g/mol. The number of para-hydroxylation sites is 1. The molecule has 23 heavy (non-hydrogen) atoms. The molecule has 0 spiro atoms. The van der Waals surface area contributed by atoms with Crippen molar-refractivity contribution >= 4 is 40.1 Å². The number of hydrogen-bond acceptors (Lipinski definition) is 5. The number of amidine groups is 1. The van der Waals surface area contributed by atoms with Crippen LogP contribution in [0.25, 0.3) is 0 Å². The van der Waals surface area contributed by atoms with Crippen LogP contribution in [0, 0.1) is 13.7 Å². The number of nitrogens with two attached hydrogens (primary N) is 1. The summed E-state index contributed by atoms with van der Waals surface area (Å²) in [6.45, 7) is 0. The number of carbonyl (C=O) groups excluding carboxylic acids is 1. The maximum Gasteiger partial charge on any atom is 0.339 e. The third-order valence-electron chi connectivity index (χ3n) is 2.91. The molecule has 0 fully saturated rings. The molecular weight excluding hydrogens is 413 g/mol. The van der Waals surface area contributed by atoms with Gasteiger partial charge in [-0.3, -0.25) is 10.1 Å². The Hall–Kier alpha value is -2.49. The number of nitrogens with zero attached hydrogens (tertiary/aromatic N) is 2. The Morgan fingerprint density at radius 1 is 1.22 bits per heavy atom. The van der Waals surface area contributed by atoms with Gasteiger partial charge in [-0.2, -0.15) is 0 Å². The van der Waals surface area contributed by atoms with Crippen LogP contribution in [-0.4, -0.2) is 16.7 Å². The third-order valence-corrected chi connectivity index (χ3v) is 3.63. The molecule has 2 N–H and O–H groups in total. The van der Waals surface area contributed by atoms with E-state index in [1.807, 2.05) is 12.1 Å². The molecule has 0 amide bonds. The van der Waals surface area contributed by atoms with Gasteiger partial charge >= 0.3 is 5.97 Å². The molecule has 0 unspecified atom stereocenters. The number of nitro benzene ring substituents is 1. The monoisotopic (exact) mass is 425 g/mol. The molecule has 0 bridgehead atoms. The maximum atomic E-state index is 11.8. The second-order valence-corrected chi connectivity index (χ2v) is 5.75. The Balaban J connectivity index is 2.04. The predicted octanol–water partition coefficient (Wildman–Crippen LogP) is 2.61. The van der Waals surface area contributed by atoms with Crippen molar-refractivity contribution in [2.45, 2.75) is 6.42 Å². The first kappa shape index (κ1) is 16.9. The van der Waals surface area contributed by atoms with E-state index in [0.717, 1.165) is 3.57 Å². The van der Waals surface area contributed by atoms with Gasteiger partial charge < -0.3 is 10.6 Å². The first-order valence-corrected chi connectivity index (χ1v) is 7.57. The van der Waals surface area contributed by atoms with Crippen LogP contribution < -0.4 is 5.73 Å². The topological polar surface area (TPSA) is 108 Å². The van der Waals surface area contributed by atoms with E-state index in [2.05, 4.69) is 27.7 Å². The van der Waals surface area contributed by atoms with Gasteiger partial charge in [0, 0.05) is 20.8 Å². The van der Waals surface area contributed by atoms with Crippen LogP contribution in [0.5, 0.6) is 0 Å². The van der Waals surface area contributed by atoms with Crippen molar-refractivity contribution in [2.75, 3.05) is 0 Å². The largest absolute Gasteiger partial charge is 0.380 e. The minimum Gasteiger partial charge on any atom is -0.380 e. The van der Waals surface area contributed by atoms with Crippen LogP contribution in [0.4, 0.5) is 5.69 Å². The summed E-state index contributed by atoms with van der Waals surface area (Å²) in [6, 6.07) is 13.1. The van der Waals surface area contributed by atoms with Gasteiger partial charge in [0.25, 0.3) is 5.69 Å². The van der Waals surface area contributed by atoms with E-state index >= 15 is 0 Å². The van der Waals surface area contributed by atoms with Gasteiger partial charge in [-0.05, 0) is 34.7 Å². The second kappa shape index (κ2) is 7.68. The molecule has 0 aliphatic carbocycles. The fourth-order valence-corrected chi connectivity index (χ4v) is 2.16. The van der Waals surface area contributed by atoms with Gasteiger partial charge in [0.1, 0.15) is 0 Å². The number of hydrogen-bond donors (Lipinski definition) is 1. The Morgan fingerprint density at radius 3 is 2.52 bits per heavy atom. The lowest BCUT2D eigenvalue weighted by Gasteiger charge is -2.02. The average Bonchev–Trinajstić information content (AvgIpc) is 2.53. The summed E-state index contributed by atoms with van der Waals surface area (Å²) < 4.78 is 1.03. The van der Waals surface area contributed by atoms with Crippen LogP contribution in [-0.2, 0) is 16.1 Å². The molecule has 0 heterocycles. The Labute approximate surface area is 145 Å². The van der Waals surface area contributed by atoms with Gasteiger partial charge in [-0.25, -0.2) is 4.79 Å². The first-order valence-electron chi connectivity index (χ1n) is 6.49. The highest BCUT2D eigenvalue weighted by Gasteiger charge is 2.16. The summed E-state index contributed by atoms with van der Waals surface area (Å²) in [6.07, 6.45) is -0.263. The van der Waals surface area contributed by atoms with Crippen molar-refractivity contribution in [1.82, 2.24) is 0 Å². The van der Waals surface area contributed by atoms with E-state index in [1.165, 1.54) is 18.2 Å². The van der Waals surface area contributed by atoms with Crippen molar-refractivity contribution < 1.29 is 14.6 Å². The highest BCUT2D eigenvalue weighted by Crippen LogP contribution is 2.18. The molecule has 0 radical (unpaired) electrons.